The number of imidazole rings is 1. The molecule has 1 rings (SSSR count). The fourth-order valence-corrected chi connectivity index (χ4v) is 0.827. The van der Waals surface area contributed by atoms with Crippen LogP contribution < -0.4 is 0 Å². The van der Waals surface area contributed by atoms with Gasteiger partial charge in [0.1, 0.15) is 6.26 Å². The second-order valence-corrected chi connectivity index (χ2v) is 2.75. The van der Waals surface area contributed by atoms with Crippen molar-refractivity contribution in [3.63, 3.8) is 0 Å². The number of hydrogen-bond acceptors (Lipinski definition) is 2. The van der Waals surface area contributed by atoms with Crippen LogP contribution in [0.5, 0.6) is 0 Å². The van der Waals surface area contributed by atoms with E-state index in [0.29, 0.717) is 12.0 Å². The van der Waals surface area contributed by atoms with Gasteiger partial charge in [0.2, 0.25) is 0 Å². The third-order valence-corrected chi connectivity index (χ3v) is 1.48. The molecule has 0 unspecified atom stereocenters. The predicted octanol–water partition coefficient (Wildman–Crippen LogP) is 2.55. The summed E-state index contributed by atoms with van der Waals surface area (Å²) in [5.41, 5.74) is 1.03. The zero-order valence-corrected chi connectivity index (χ0v) is 7.67. The summed E-state index contributed by atoms with van der Waals surface area (Å²) in [6, 6.07) is 0. The number of aryl methyl sites for hydroxylation is 1. The van der Waals surface area contributed by atoms with E-state index < -0.39 is 6.36 Å². The van der Waals surface area contributed by atoms with Gasteiger partial charge in [0, 0.05) is 6.20 Å². The SMILES string of the molecule is CC(=COC(F)(F)F)n1cnc(C)c1. The van der Waals surface area contributed by atoms with E-state index in [1.54, 1.807) is 13.1 Å². The molecule has 0 spiro atoms. The first-order valence-corrected chi connectivity index (χ1v) is 3.81. The average Bonchev–Trinajstić information content (AvgIpc) is 2.46. The Morgan fingerprint density at radius 1 is 1.57 bits per heavy atom. The fourth-order valence-electron chi connectivity index (χ4n) is 0.827. The topological polar surface area (TPSA) is 27.1 Å². The molecule has 0 aliphatic heterocycles. The average molecular weight is 206 g/mol. The minimum Gasteiger partial charge on any atom is -0.412 e. The third kappa shape index (κ3) is 3.12. The molecular weight excluding hydrogens is 197 g/mol. The molecule has 0 atom stereocenters. The highest BCUT2D eigenvalue weighted by molar-refractivity contribution is 5.40. The van der Waals surface area contributed by atoms with E-state index >= 15 is 0 Å². The van der Waals surface area contributed by atoms with Crippen molar-refractivity contribution < 1.29 is 17.9 Å². The molecule has 1 heterocycles. The van der Waals surface area contributed by atoms with E-state index in [-0.39, 0.29) is 0 Å². The van der Waals surface area contributed by atoms with E-state index in [1.165, 1.54) is 17.8 Å². The number of allylic oxidation sites excluding steroid dienone is 1. The van der Waals surface area contributed by atoms with Crippen LogP contribution in [0.25, 0.3) is 5.70 Å². The van der Waals surface area contributed by atoms with Crippen molar-refractivity contribution in [2.75, 3.05) is 0 Å². The minimum atomic E-state index is -4.64. The monoisotopic (exact) mass is 206 g/mol. The number of halogens is 3. The lowest BCUT2D eigenvalue weighted by atomic mass is 10.5. The molecule has 0 saturated heterocycles. The van der Waals surface area contributed by atoms with Gasteiger partial charge in [0.25, 0.3) is 0 Å². The quantitative estimate of drug-likeness (QED) is 0.695. The van der Waals surface area contributed by atoms with Gasteiger partial charge in [-0.05, 0) is 13.8 Å². The molecule has 78 valence electrons. The number of rotatable bonds is 2. The molecule has 1 aromatic heterocycles. The first-order valence-electron chi connectivity index (χ1n) is 3.81. The highest BCUT2D eigenvalue weighted by Gasteiger charge is 2.29. The molecular formula is C8H9F3N2O. The van der Waals surface area contributed by atoms with Crippen LogP contribution in [0.3, 0.4) is 0 Å². The smallest absolute Gasteiger partial charge is 0.412 e. The number of aromatic nitrogens is 2. The van der Waals surface area contributed by atoms with E-state index in [0.717, 1.165) is 5.69 Å². The Kier molecular flexibility index (Phi) is 2.83. The van der Waals surface area contributed by atoms with Crippen LogP contribution in [0.1, 0.15) is 12.6 Å². The first-order chi connectivity index (χ1) is 6.38. The van der Waals surface area contributed by atoms with E-state index in [9.17, 15) is 13.2 Å². The molecule has 0 aliphatic rings. The van der Waals surface area contributed by atoms with Gasteiger partial charge in [-0.2, -0.15) is 0 Å². The van der Waals surface area contributed by atoms with Gasteiger partial charge >= 0.3 is 6.36 Å². The Morgan fingerprint density at radius 3 is 2.64 bits per heavy atom. The van der Waals surface area contributed by atoms with Crippen molar-refractivity contribution in [1.82, 2.24) is 9.55 Å². The van der Waals surface area contributed by atoms with Crippen molar-refractivity contribution >= 4 is 5.70 Å². The van der Waals surface area contributed by atoms with E-state index in [4.69, 9.17) is 0 Å². The summed E-state index contributed by atoms with van der Waals surface area (Å²) in [7, 11) is 0. The molecule has 0 amide bonds. The Morgan fingerprint density at radius 2 is 2.21 bits per heavy atom. The number of alkyl halides is 3. The summed E-state index contributed by atoms with van der Waals surface area (Å²) in [6.07, 6.45) is -0.982. The Bertz CT molecular complexity index is 341. The fraction of sp³-hybridized carbons (Fsp3) is 0.375. The molecule has 0 aliphatic carbocycles. The van der Waals surface area contributed by atoms with Crippen LogP contribution in [-0.4, -0.2) is 15.9 Å². The van der Waals surface area contributed by atoms with Crippen LogP contribution in [0.4, 0.5) is 13.2 Å². The second kappa shape index (κ2) is 3.73. The minimum absolute atomic E-state index is 0.308. The lowest BCUT2D eigenvalue weighted by molar-refractivity contribution is -0.297. The van der Waals surface area contributed by atoms with Crippen LogP contribution in [0.2, 0.25) is 0 Å². The number of nitrogens with zero attached hydrogens (tertiary/aromatic N) is 2. The maximum absolute atomic E-state index is 11.6. The summed E-state index contributed by atoms with van der Waals surface area (Å²) >= 11 is 0. The predicted molar refractivity (Wildman–Crippen MR) is 44.1 cm³/mol. The maximum Gasteiger partial charge on any atom is 0.572 e. The summed E-state index contributed by atoms with van der Waals surface area (Å²) in [5, 5.41) is 0. The van der Waals surface area contributed by atoms with Crippen molar-refractivity contribution in [2.45, 2.75) is 20.2 Å². The molecule has 0 radical (unpaired) electrons. The lowest BCUT2D eigenvalue weighted by Gasteiger charge is -2.06. The van der Waals surface area contributed by atoms with Crippen molar-refractivity contribution in [3.8, 4) is 0 Å². The van der Waals surface area contributed by atoms with E-state index in [1.807, 2.05) is 0 Å². The molecule has 14 heavy (non-hydrogen) atoms. The maximum atomic E-state index is 11.6. The zero-order valence-electron chi connectivity index (χ0n) is 7.67. The second-order valence-electron chi connectivity index (χ2n) is 2.75. The molecule has 0 aromatic carbocycles. The molecule has 6 heteroatoms. The normalized spacial score (nSPS) is 13.1. The Balaban J connectivity index is 2.70. The van der Waals surface area contributed by atoms with Gasteiger partial charge in [-0.15, -0.1) is 13.2 Å². The van der Waals surface area contributed by atoms with E-state index in [2.05, 4.69) is 9.72 Å². The van der Waals surface area contributed by atoms with Crippen LogP contribution in [0.15, 0.2) is 18.8 Å². The highest BCUT2D eigenvalue weighted by atomic mass is 19.4. The lowest BCUT2D eigenvalue weighted by Crippen LogP contribution is -2.09. The summed E-state index contributed by atoms with van der Waals surface area (Å²) in [6.45, 7) is 3.24. The van der Waals surface area contributed by atoms with Gasteiger partial charge in [0.15, 0.2) is 0 Å². The van der Waals surface area contributed by atoms with Crippen molar-refractivity contribution in [3.05, 3.63) is 24.5 Å². The molecule has 0 fully saturated rings. The highest BCUT2D eigenvalue weighted by Crippen LogP contribution is 2.18. The molecule has 3 nitrogen and oxygen atoms in total. The zero-order chi connectivity index (χ0) is 10.8. The first kappa shape index (κ1) is 10.6. The Labute approximate surface area is 78.8 Å². The summed E-state index contributed by atoms with van der Waals surface area (Å²) < 4.78 is 39.9. The largest absolute Gasteiger partial charge is 0.572 e. The van der Waals surface area contributed by atoms with Crippen molar-refractivity contribution in [2.24, 2.45) is 0 Å². The molecule has 1 aromatic rings. The summed E-state index contributed by atoms with van der Waals surface area (Å²) in [5.74, 6) is 0. The Hall–Kier alpha value is -1.46. The van der Waals surface area contributed by atoms with Gasteiger partial charge in [-0.25, -0.2) is 4.98 Å². The number of hydrogen-bond donors (Lipinski definition) is 0. The molecule has 0 N–H and O–H groups in total. The molecule has 0 saturated carbocycles. The number of ether oxygens (including phenoxy) is 1. The van der Waals surface area contributed by atoms with Gasteiger partial charge in [-0.3, -0.25) is 0 Å². The van der Waals surface area contributed by atoms with Crippen LogP contribution in [-0.2, 0) is 4.74 Å². The standard InChI is InChI=1S/C8H9F3N2O/c1-6-3-13(5-12-6)7(2)4-14-8(9,10)11/h3-5H,1-2H3. The van der Waals surface area contributed by atoms with Gasteiger partial charge < -0.3 is 9.30 Å². The molecule has 0 bridgehead atoms. The van der Waals surface area contributed by atoms with Crippen molar-refractivity contribution in [1.29, 1.82) is 0 Å². The van der Waals surface area contributed by atoms with Crippen LogP contribution in [0, 0.1) is 6.92 Å². The van der Waals surface area contributed by atoms with Gasteiger partial charge in [-0.1, -0.05) is 0 Å². The van der Waals surface area contributed by atoms with Gasteiger partial charge in [0.05, 0.1) is 17.7 Å². The van der Waals surface area contributed by atoms with Crippen LogP contribution >= 0.6 is 0 Å². The third-order valence-electron chi connectivity index (χ3n) is 1.48. The summed E-state index contributed by atoms with van der Waals surface area (Å²) in [4.78, 5) is 3.87.